The van der Waals surface area contributed by atoms with E-state index in [9.17, 15) is 0 Å². The Morgan fingerprint density at radius 3 is 2.93 bits per heavy atom. The smallest absolute Gasteiger partial charge is 0.312 e. The van der Waals surface area contributed by atoms with Gasteiger partial charge in [-0.05, 0) is 18.9 Å². The van der Waals surface area contributed by atoms with Gasteiger partial charge in [-0.3, -0.25) is 0 Å². The third-order valence-electron chi connectivity index (χ3n) is 2.17. The van der Waals surface area contributed by atoms with Gasteiger partial charge in [0, 0.05) is 0 Å². The molecule has 0 spiro atoms. The Bertz CT molecular complexity index is 291. The standard InChI is InChI=1S/C11H15O3P/c1-10-7-8-12-15(14-10)13-9-11-5-3-2-4-6-11/h2-6,10H,7-9H2,1H3. The molecule has 2 atom stereocenters. The maximum atomic E-state index is 5.56. The van der Waals surface area contributed by atoms with Crippen molar-refractivity contribution in [1.82, 2.24) is 0 Å². The summed E-state index contributed by atoms with van der Waals surface area (Å²) in [5.74, 6) is 0. The first-order valence-electron chi connectivity index (χ1n) is 5.11. The van der Waals surface area contributed by atoms with Crippen molar-refractivity contribution in [2.45, 2.75) is 26.1 Å². The monoisotopic (exact) mass is 226 g/mol. The van der Waals surface area contributed by atoms with E-state index in [1.54, 1.807) is 0 Å². The molecule has 1 fully saturated rings. The number of hydrogen-bond donors (Lipinski definition) is 0. The predicted molar refractivity (Wildman–Crippen MR) is 59.3 cm³/mol. The highest BCUT2D eigenvalue weighted by Crippen LogP contribution is 2.45. The molecule has 15 heavy (non-hydrogen) atoms. The maximum Gasteiger partial charge on any atom is 0.333 e. The minimum atomic E-state index is -1.13. The largest absolute Gasteiger partial charge is 0.333 e. The summed E-state index contributed by atoms with van der Waals surface area (Å²) < 4.78 is 16.5. The van der Waals surface area contributed by atoms with E-state index in [1.165, 1.54) is 0 Å². The number of hydrogen-bond acceptors (Lipinski definition) is 3. The Morgan fingerprint density at radius 2 is 2.20 bits per heavy atom. The Labute approximate surface area is 91.4 Å². The van der Waals surface area contributed by atoms with E-state index in [2.05, 4.69) is 0 Å². The molecule has 1 heterocycles. The Morgan fingerprint density at radius 1 is 1.40 bits per heavy atom. The molecule has 1 aliphatic rings. The van der Waals surface area contributed by atoms with Crippen LogP contribution in [0.15, 0.2) is 30.3 Å². The molecule has 0 aliphatic carbocycles. The molecule has 1 aliphatic heterocycles. The van der Waals surface area contributed by atoms with Gasteiger partial charge in [0.2, 0.25) is 0 Å². The van der Waals surface area contributed by atoms with Crippen LogP contribution in [0.1, 0.15) is 18.9 Å². The van der Waals surface area contributed by atoms with Gasteiger partial charge < -0.3 is 13.6 Å². The van der Waals surface area contributed by atoms with Gasteiger partial charge in [0.15, 0.2) is 0 Å². The highest BCUT2D eigenvalue weighted by molar-refractivity contribution is 7.41. The quantitative estimate of drug-likeness (QED) is 0.740. The molecular formula is C11H15O3P. The molecule has 0 N–H and O–H groups in total. The number of benzene rings is 1. The van der Waals surface area contributed by atoms with Gasteiger partial charge in [0.05, 0.1) is 19.3 Å². The van der Waals surface area contributed by atoms with Crippen molar-refractivity contribution in [1.29, 1.82) is 0 Å². The molecule has 2 rings (SSSR count). The first kappa shape index (κ1) is 11.0. The molecule has 4 heteroatoms. The van der Waals surface area contributed by atoms with Crippen LogP contribution in [0.3, 0.4) is 0 Å². The van der Waals surface area contributed by atoms with Crippen molar-refractivity contribution >= 4 is 8.60 Å². The van der Waals surface area contributed by atoms with Gasteiger partial charge in [-0.15, -0.1) is 0 Å². The van der Waals surface area contributed by atoms with Crippen LogP contribution in [0.5, 0.6) is 0 Å². The first-order valence-corrected chi connectivity index (χ1v) is 6.21. The molecule has 1 saturated heterocycles. The molecule has 0 saturated carbocycles. The molecule has 0 amide bonds. The summed E-state index contributed by atoms with van der Waals surface area (Å²) in [5.41, 5.74) is 1.14. The lowest BCUT2D eigenvalue weighted by Crippen LogP contribution is -2.15. The average molecular weight is 226 g/mol. The second kappa shape index (κ2) is 5.57. The zero-order chi connectivity index (χ0) is 10.5. The summed E-state index contributed by atoms with van der Waals surface area (Å²) in [7, 11) is -1.13. The molecular weight excluding hydrogens is 211 g/mol. The summed E-state index contributed by atoms with van der Waals surface area (Å²) in [4.78, 5) is 0. The fraction of sp³-hybridized carbons (Fsp3) is 0.455. The van der Waals surface area contributed by atoms with Crippen LogP contribution < -0.4 is 0 Å². The molecule has 82 valence electrons. The maximum absolute atomic E-state index is 5.56. The molecule has 0 radical (unpaired) electrons. The fourth-order valence-corrected chi connectivity index (χ4v) is 2.40. The molecule has 1 aromatic carbocycles. The van der Waals surface area contributed by atoms with Crippen molar-refractivity contribution in [3.8, 4) is 0 Å². The SMILES string of the molecule is CC1CCOP(OCc2ccccc2)O1. The van der Waals surface area contributed by atoms with Crippen molar-refractivity contribution in [2.75, 3.05) is 6.61 Å². The van der Waals surface area contributed by atoms with Crippen LogP contribution in [0, 0.1) is 0 Å². The normalized spacial score (nSPS) is 26.5. The van der Waals surface area contributed by atoms with Crippen LogP contribution in [-0.2, 0) is 20.2 Å². The second-order valence-corrected chi connectivity index (χ2v) is 4.69. The van der Waals surface area contributed by atoms with Crippen LogP contribution >= 0.6 is 8.60 Å². The van der Waals surface area contributed by atoms with E-state index in [-0.39, 0.29) is 6.10 Å². The van der Waals surface area contributed by atoms with E-state index in [0.717, 1.165) is 18.6 Å². The minimum Gasteiger partial charge on any atom is -0.312 e. The Balaban J connectivity index is 1.78. The molecule has 0 bridgehead atoms. The Hall–Kier alpha value is -0.470. The second-order valence-electron chi connectivity index (χ2n) is 3.52. The van der Waals surface area contributed by atoms with Gasteiger partial charge in [0.1, 0.15) is 0 Å². The van der Waals surface area contributed by atoms with Crippen molar-refractivity contribution in [3.63, 3.8) is 0 Å². The molecule has 1 aromatic rings. The van der Waals surface area contributed by atoms with Crippen molar-refractivity contribution < 1.29 is 13.6 Å². The Kier molecular flexibility index (Phi) is 4.09. The summed E-state index contributed by atoms with van der Waals surface area (Å²) in [6.45, 7) is 3.34. The third-order valence-corrected chi connectivity index (χ3v) is 3.43. The van der Waals surface area contributed by atoms with Gasteiger partial charge in [-0.25, -0.2) is 0 Å². The van der Waals surface area contributed by atoms with Crippen molar-refractivity contribution in [2.24, 2.45) is 0 Å². The topological polar surface area (TPSA) is 27.7 Å². The summed E-state index contributed by atoms with van der Waals surface area (Å²) in [6, 6.07) is 10.0. The lowest BCUT2D eigenvalue weighted by molar-refractivity contribution is 0.0682. The summed E-state index contributed by atoms with van der Waals surface area (Å²) in [6.07, 6.45) is 1.20. The highest BCUT2D eigenvalue weighted by atomic mass is 31.2. The average Bonchev–Trinajstić information content (AvgIpc) is 2.28. The van der Waals surface area contributed by atoms with Gasteiger partial charge >= 0.3 is 8.60 Å². The molecule has 2 unspecified atom stereocenters. The summed E-state index contributed by atoms with van der Waals surface area (Å²) >= 11 is 0. The lowest BCUT2D eigenvalue weighted by Gasteiger charge is -2.25. The van der Waals surface area contributed by atoms with Crippen LogP contribution in [-0.4, -0.2) is 12.7 Å². The molecule has 3 nitrogen and oxygen atoms in total. The van der Waals surface area contributed by atoms with Crippen LogP contribution in [0.2, 0.25) is 0 Å². The predicted octanol–water partition coefficient (Wildman–Crippen LogP) is 3.26. The number of rotatable bonds is 3. The lowest BCUT2D eigenvalue weighted by atomic mass is 10.2. The molecule has 0 aromatic heterocycles. The van der Waals surface area contributed by atoms with Gasteiger partial charge in [-0.2, -0.15) is 0 Å². The van der Waals surface area contributed by atoms with E-state index >= 15 is 0 Å². The van der Waals surface area contributed by atoms with E-state index in [4.69, 9.17) is 13.6 Å². The zero-order valence-electron chi connectivity index (χ0n) is 8.76. The van der Waals surface area contributed by atoms with Crippen LogP contribution in [0.4, 0.5) is 0 Å². The third kappa shape index (κ3) is 3.54. The zero-order valence-corrected chi connectivity index (χ0v) is 9.65. The van der Waals surface area contributed by atoms with E-state index < -0.39 is 8.60 Å². The highest BCUT2D eigenvalue weighted by Gasteiger charge is 2.21. The summed E-state index contributed by atoms with van der Waals surface area (Å²) in [5, 5.41) is 0. The van der Waals surface area contributed by atoms with Crippen molar-refractivity contribution in [3.05, 3.63) is 35.9 Å². The van der Waals surface area contributed by atoms with E-state index in [0.29, 0.717) is 6.61 Å². The van der Waals surface area contributed by atoms with E-state index in [1.807, 2.05) is 37.3 Å². The van der Waals surface area contributed by atoms with Crippen LogP contribution in [0.25, 0.3) is 0 Å². The fourth-order valence-electron chi connectivity index (χ4n) is 1.29. The minimum absolute atomic E-state index is 0.251. The first-order chi connectivity index (χ1) is 7.34. The van der Waals surface area contributed by atoms with Gasteiger partial charge in [0.25, 0.3) is 0 Å². The van der Waals surface area contributed by atoms with Gasteiger partial charge in [-0.1, -0.05) is 30.3 Å².